The topological polar surface area (TPSA) is 64.6 Å². The van der Waals surface area contributed by atoms with Crippen LogP contribution in [-0.4, -0.2) is 31.1 Å². The van der Waals surface area contributed by atoms with Crippen molar-refractivity contribution in [1.29, 1.82) is 0 Å². The highest BCUT2D eigenvalue weighted by Gasteiger charge is 2.16. The van der Waals surface area contributed by atoms with Crippen molar-refractivity contribution in [3.63, 3.8) is 0 Å². The molecule has 0 atom stereocenters. The summed E-state index contributed by atoms with van der Waals surface area (Å²) in [6, 6.07) is 1.74. The quantitative estimate of drug-likeness (QED) is 0.671. The van der Waals surface area contributed by atoms with Crippen LogP contribution < -0.4 is 10.1 Å². The molecule has 0 unspecified atom stereocenters. The zero-order valence-corrected chi connectivity index (χ0v) is 12.0. The summed E-state index contributed by atoms with van der Waals surface area (Å²) in [5.41, 5.74) is -0.752. The molecule has 0 saturated heterocycles. The zero-order valence-electron chi connectivity index (χ0n) is 12.0. The highest BCUT2D eigenvalue weighted by atomic mass is 19.1. The molecule has 0 aliphatic rings. The molecule has 0 spiro atoms. The molecule has 0 bridgehead atoms. The first-order valence-corrected chi connectivity index (χ1v) is 6.27. The smallest absolute Gasteiger partial charge is 0.407 e. The molecule has 1 rings (SSSR count). The zero-order chi connectivity index (χ0) is 16.0. The summed E-state index contributed by atoms with van der Waals surface area (Å²) >= 11 is 0. The molecule has 0 fully saturated rings. The summed E-state index contributed by atoms with van der Waals surface area (Å²) in [7, 11) is 0. The maximum absolute atomic E-state index is 13.5. The standard InChI is InChI=1S/C14H17F2NO4/c1-14(2,3)21-13(19)17-4-5-20-12-10(15)6-9(8-18)7-11(12)16/h6-8H,4-5H2,1-3H3,(H,17,19). The third-order valence-electron chi connectivity index (χ3n) is 2.17. The van der Waals surface area contributed by atoms with E-state index < -0.39 is 29.1 Å². The number of benzene rings is 1. The van der Waals surface area contributed by atoms with Crippen LogP contribution in [0.5, 0.6) is 5.75 Å². The van der Waals surface area contributed by atoms with Crippen LogP contribution in [0.3, 0.4) is 0 Å². The van der Waals surface area contributed by atoms with E-state index in [-0.39, 0.29) is 18.7 Å². The van der Waals surface area contributed by atoms with Gasteiger partial charge < -0.3 is 14.8 Å². The highest BCUT2D eigenvalue weighted by Crippen LogP contribution is 2.22. The monoisotopic (exact) mass is 301 g/mol. The fraction of sp³-hybridized carbons (Fsp3) is 0.429. The molecular formula is C14H17F2NO4. The molecule has 1 amide bonds. The second-order valence-electron chi connectivity index (χ2n) is 5.21. The lowest BCUT2D eigenvalue weighted by Gasteiger charge is -2.19. The number of nitrogens with one attached hydrogen (secondary N) is 1. The fourth-order valence-corrected chi connectivity index (χ4v) is 1.41. The van der Waals surface area contributed by atoms with Gasteiger partial charge in [0.05, 0.1) is 6.54 Å². The van der Waals surface area contributed by atoms with E-state index in [2.05, 4.69) is 5.32 Å². The van der Waals surface area contributed by atoms with E-state index in [0.29, 0.717) is 6.29 Å². The predicted molar refractivity (Wildman–Crippen MR) is 71.5 cm³/mol. The summed E-state index contributed by atoms with van der Waals surface area (Å²) in [6.45, 7) is 5.00. The van der Waals surface area contributed by atoms with Crippen molar-refractivity contribution in [3.05, 3.63) is 29.3 Å². The van der Waals surface area contributed by atoms with Crippen LogP contribution >= 0.6 is 0 Å². The van der Waals surface area contributed by atoms with Crippen molar-refractivity contribution < 1.29 is 27.8 Å². The Bertz CT molecular complexity index is 503. The van der Waals surface area contributed by atoms with Crippen LogP contribution in [0.4, 0.5) is 13.6 Å². The minimum Gasteiger partial charge on any atom is -0.486 e. The Hall–Kier alpha value is -2.18. The van der Waals surface area contributed by atoms with Crippen LogP contribution in [0.1, 0.15) is 31.1 Å². The first-order chi connectivity index (χ1) is 9.73. The third kappa shape index (κ3) is 5.76. The normalized spacial score (nSPS) is 10.9. The van der Waals surface area contributed by atoms with Gasteiger partial charge in [-0.1, -0.05) is 0 Å². The molecule has 21 heavy (non-hydrogen) atoms. The lowest BCUT2D eigenvalue weighted by atomic mass is 10.2. The second-order valence-corrected chi connectivity index (χ2v) is 5.21. The molecule has 0 aliphatic heterocycles. The number of carbonyl (C=O) groups is 2. The van der Waals surface area contributed by atoms with E-state index >= 15 is 0 Å². The van der Waals surface area contributed by atoms with E-state index in [1.54, 1.807) is 20.8 Å². The maximum atomic E-state index is 13.5. The van der Waals surface area contributed by atoms with Gasteiger partial charge >= 0.3 is 6.09 Å². The van der Waals surface area contributed by atoms with Gasteiger partial charge in [0.1, 0.15) is 18.5 Å². The molecule has 116 valence electrons. The van der Waals surface area contributed by atoms with E-state index in [4.69, 9.17) is 9.47 Å². The molecule has 1 aromatic carbocycles. The average molecular weight is 301 g/mol. The number of hydrogen-bond acceptors (Lipinski definition) is 4. The van der Waals surface area contributed by atoms with Crippen molar-refractivity contribution in [2.24, 2.45) is 0 Å². The summed E-state index contributed by atoms with van der Waals surface area (Å²) < 4.78 is 36.8. The van der Waals surface area contributed by atoms with Gasteiger partial charge in [-0.25, -0.2) is 13.6 Å². The van der Waals surface area contributed by atoms with Crippen molar-refractivity contribution >= 4 is 12.4 Å². The number of alkyl carbamates (subject to hydrolysis) is 1. The van der Waals surface area contributed by atoms with Gasteiger partial charge in [0.15, 0.2) is 17.4 Å². The van der Waals surface area contributed by atoms with Crippen LogP contribution in [0.25, 0.3) is 0 Å². The average Bonchev–Trinajstić information content (AvgIpc) is 2.34. The minimum absolute atomic E-state index is 0.0171. The van der Waals surface area contributed by atoms with Gasteiger partial charge in [-0.2, -0.15) is 0 Å². The third-order valence-corrected chi connectivity index (χ3v) is 2.17. The Balaban J connectivity index is 2.47. The Morgan fingerprint density at radius 3 is 2.33 bits per heavy atom. The van der Waals surface area contributed by atoms with Crippen molar-refractivity contribution in [3.8, 4) is 5.75 Å². The molecule has 5 nitrogen and oxygen atoms in total. The van der Waals surface area contributed by atoms with E-state index in [1.165, 1.54) is 0 Å². The van der Waals surface area contributed by atoms with E-state index in [1.807, 2.05) is 0 Å². The Labute approximate surface area is 121 Å². The molecule has 0 saturated carbocycles. The first kappa shape index (κ1) is 16.9. The number of amides is 1. The van der Waals surface area contributed by atoms with Gasteiger partial charge in [-0.15, -0.1) is 0 Å². The number of halogens is 2. The molecule has 7 heteroatoms. The van der Waals surface area contributed by atoms with Gasteiger partial charge in [-0.3, -0.25) is 4.79 Å². The van der Waals surface area contributed by atoms with E-state index in [9.17, 15) is 18.4 Å². The molecular weight excluding hydrogens is 284 g/mol. The van der Waals surface area contributed by atoms with Crippen LogP contribution in [0.15, 0.2) is 12.1 Å². The molecule has 0 aliphatic carbocycles. The summed E-state index contributed by atoms with van der Waals surface area (Å²) in [5.74, 6) is -2.55. The highest BCUT2D eigenvalue weighted by molar-refractivity contribution is 5.75. The van der Waals surface area contributed by atoms with Crippen LogP contribution in [-0.2, 0) is 4.74 Å². The molecule has 1 aromatic rings. The van der Waals surface area contributed by atoms with Gasteiger partial charge in [0.25, 0.3) is 0 Å². The van der Waals surface area contributed by atoms with Crippen LogP contribution in [0, 0.1) is 11.6 Å². The largest absolute Gasteiger partial charge is 0.486 e. The number of hydrogen-bond donors (Lipinski definition) is 1. The second kappa shape index (κ2) is 7.01. The van der Waals surface area contributed by atoms with Crippen molar-refractivity contribution in [2.45, 2.75) is 26.4 Å². The first-order valence-electron chi connectivity index (χ1n) is 6.27. The van der Waals surface area contributed by atoms with Gasteiger partial charge in [0, 0.05) is 5.56 Å². The van der Waals surface area contributed by atoms with Crippen LogP contribution in [0.2, 0.25) is 0 Å². The summed E-state index contributed by atoms with van der Waals surface area (Å²) in [6.07, 6.45) is -0.316. The lowest BCUT2D eigenvalue weighted by Crippen LogP contribution is -2.34. The van der Waals surface area contributed by atoms with Gasteiger partial charge in [0.2, 0.25) is 0 Å². The molecule has 1 N–H and O–H groups in total. The Kier molecular flexibility index (Phi) is 5.63. The lowest BCUT2D eigenvalue weighted by molar-refractivity contribution is 0.0519. The number of carbonyl (C=O) groups excluding carboxylic acids is 2. The Morgan fingerprint density at radius 1 is 1.29 bits per heavy atom. The number of ether oxygens (including phenoxy) is 2. The van der Waals surface area contributed by atoms with E-state index in [0.717, 1.165) is 12.1 Å². The number of rotatable bonds is 5. The SMILES string of the molecule is CC(C)(C)OC(=O)NCCOc1c(F)cc(C=O)cc1F. The minimum atomic E-state index is -0.977. The summed E-state index contributed by atoms with van der Waals surface area (Å²) in [5, 5.41) is 2.38. The summed E-state index contributed by atoms with van der Waals surface area (Å²) in [4.78, 5) is 21.7. The number of aldehydes is 1. The maximum Gasteiger partial charge on any atom is 0.407 e. The van der Waals surface area contributed by atoms with Crippen molar-refractivity contribution in [2.75, 3.05) is 13.2 Å². The molecule has 0 aromatic heterocycles. The van der Waals surface area contributed by atoms with Crippen molar-refractivity contribution in [1.82, 2.24) is 5.32 Å². The molecule has 0 radical (unpaired) electrons. The van der Waals surface area contributed by atoms with Gasteiger partial charge in [-0.05, 0) is 32.9 Å². The fourth-order valence-electron chi connectivity index (χ4n) is 1.41. The Morgan fingerprint density at radius 2 is 1.86 bits per heavy atom. The molecule has 0 heterocycles. The predicted octanol–water partition coefficient (Wildman–Crippen LogP) is 2.68.